The minimum Gasteiger partial charge on any atom is -0.463 e. The summed E-state index contributed by atoms with van der Waals surface area (Å²) in [6.07, 6.45) is 6.32. The summed E-state index contributed by atoms with van der Waals surface area (Å²) < 4.78 is 49.2. The topological polar surface area (TPSA) is 129 Å². The molecular weight excluding hydrogens is 670 g/mol. The summed E-state index contributed by atoms with van der Waals surface area (Å²) in [5.74, 6) is -0.101. The summed E-state index contributed by atoms with van der Waals surface area (Å²) in [6.45, 7) is 9.85. The summed E-state index contributed by atoms with van der Waals surface area (Å²) in [5, 5.41) is 2.80. The van der Waals surface area contributed by atoms with E-state index in [0.717, 1.165) is 12.8 Å². The van der Waals surface area contributed by atoms with Crippen LogP contribution < -0.4 is 5.32 Å². The first-order chi connectivity index (χ1) is 25.7. The Balaban J connectivity index is 0.971. The SMILES string of the molecule is CCCCCCCC(=O)OCCOCCOCCOCCOCCOCCOCCOCCCNC(=O)OCC1c2ccccc2-c2ccccc21. The minimum absolute atomic E-state index is 0.0493. The second-order valence-corrected chi connectivity index (χ2v) is 12.3. The van der Waals surface area contributed by atoms with Crippen molar-refractivity contribution in [2.75, 3.05) is 112 Å². The fourth-order valence-electron chi connectivity index (χ4n) is 5.60. The molecule has 0 fully saturated rings. The van der Waals surface area contributed by atoms with Gasteiger partial charge in [0.05, 0.1) is 85.9 Å². The van der Waals surface area contributed by atoms with Crippen LogP contribution in [0.25, 0.3) is 11.1 Å². The molecule has 0 aromatic heterocycles. The van der Waals surface area contributed by atoms with Crippen molar-refractivity contribution in [1.29, 1.82) is 0 Å². The fourth-order valence-corrected chi connectivity index (χ4v) is 5.60. The minimum atomic E-state index is -0.416. The highest BCUT2D eigenvalue weighted by Gasteiger charge is 2.28. The van der Waals surface area contributed by atoms with Gasteiger partial charge in [0, 0.05) is 25.5 Å². The van der Waals surface area contributed by atoms with Gasteiger partial charge in [0.15, 0.2) is 0 Å². The smallest absolute Gasteiger partial charge is 0.407 e. The van der Waals surface area contributed by atoms with Crippen molar-refractivity contribution in [2.45, 2.75) is 57.8 Å². The first kappa shape index (κ1) is 43.3. The Bertz CT molecular complexity index is 1170. The number of alkyl carbamates (subject to hydrolysis) is 1. The van der Waals surface area contributed by atoms with Gasteiger partial charge < -0.3 is 47.9 Å². The second-order valence-electron chi connectivity index (χ2n) is 12.3. The number of hydrogen-bond acceptors (Lipinski definition) is 11. The lowest BCUT2D eigenvalue weighted by Gasteiger charge is -2.14. The number of amides is 1. The summed E-state index contributed by atoms with van der Waals surface area (Å²) in [4.78, 5) is 23.9. The molecule has 292 valence electrons. The van der Waals surface area contributed by atoms with Crippen LogP contribution in [0.1, 0.15) is 68.9 Å². The van der Waals surface area contributed by atoms with Gasteiger partial charge in [-0.3, -0.25) is 4.79 Å². The van der Waals surface area contributed by atoms with Crippen LogP contribution in [0, 0.1) is 0 Å². The van der Waals surface area contributed by atoms with E-state index in [1.807, 2.05) is 24.3 Å². The highest BCUT2D eigenvalue weighted by molar-refractivity contribution is 5.79. The molecule has 1 aliphatic carbocycles. The molecule has 0 spiro atoms. The maximum atomic E-state index is 12.3. The summed E-state index contributed by atoms with van der Waals surface area (Å²) in [5.41, 5.74) is 4.81. The molecule has 0 bridgehead atoms. The standard InChI is InChI=1S/C40H61NO11/c1-2-3-4-5-6-16-39(42)51-32-31-50-30-29-49-28-27-48-26-25-47-24-23-46-22-21-45-20-19-44-18-11-17-41-40(43)52-33-38-36-14-9-7-12-34(36)35-13-8-10-15-37(35)38/h7-10,12-15,38H,2-6,11,16-33H2,1H3,(H,41,43). The van der Waals surface area contributed by atoms with E-state index >= 15 is 0 Å². The quantitative estimate of drug-likeness (QED) is 0.0693. The van der Waals surface area contributed by atoms with E-state index in [2.05, 4.69) is 36.5 Å². The van der Waals surface area contributed by atoms with Gasteiger partial charge in [-0.1, -0.05) is 81.1 Å². The maximum Gasteiger partial charge on any atom is 0.407 e. The normalized spacial score (nSPS) is 12.1. The number of nitrogens with one attached hydrogen (secondary N) is 1. The van der Waals surface area contributed by atoms with Crippen molar-refractivity contribution in [3.63, 3.8) is 0 Å². The van der Waals surface area contributed by atoms with Crippen LogP contribution in [0.4, 0.5) is 4.79 Å². The van der Waals surface area contributed by atoms with E-state index in [0.29, 0.717) is 118 Å². The Morgan fingerprint density at radius 2 is 0.962 bits per heavy atom. The number of fused-ring (bicyclic) bond motifs is 3. The van der Waals surface area contributed by atoms with Gasteiger partial charge in [0.25, 0.3) is 0 Å². The largest absolute Gasteiger partial charge is 0.463 e. The first-order valence-electron chi connectivity index (χ1n) is 19.0. The number of ether oxygens (including phenoxy) is 9. The number of esters is 1. The number of carbonyl (C=O) groups is 2. The van der Waals surface area contributed by atoms with Crippen molar-refractivity contribution in [1.82, 2.24) is 5.32 Å². The zero-order valence-corrected chi connectivity index (χ0v) is 31.2. The van der Waals surface area contributed by atoms with E-state index in [4.69, 9.17) is 42.6 Å². The Kier molecular flexibility index (Phi) is 24.5. The molecule has 0 atom stereocenters. The summed E-state index contributed by atoms with van der Waals surface area (Å²) in [7, 11) is 0. The molecule has 12 heteroatoms. The van der Waals surface area contributed by atoms with Gasteiger partial charge in [-0.05, 0) is 35.1 Å². The molecule has 0 heterocycles. The summed E-state index contributed by atoms with van der Waals surface area (Å²) in [6, 6.07) is 16.6. The Morgan fingerprint density at radius 3 is 1.46 bits per heavy atom. The van der Waals surface area contributed by atoms with Crippen molar-refractivity contribution >= 4 is 12.1 Å². The highest BCUT2D eigenvalue weighted by atomic mass is 16.6. The number of carbonyl (C=O) groups excluding carboxylic acids is 2. The lowest BCUT2D eigenvalue weighted by molar-refractivity contribution is -0.145. The van der Waals surface area contributed by atoms with Crippen LogP contribution in [0.3, 0.4) is 0 Å². The third-order valence-electron chi connectivity index (χ3n) is 8.29. The first-order valence-corrected chi connectivity index (χ1v) is 19.0. The third-order valence-corrected chi connectivity index (χ3v) is 8.29. The predicted molar refractivity (Wildman–Crippen MR) is 198 cm³/mol. The molecule has 1 aliphatic rings. The average molecular weight is 732 g/mol. The molecule has 52 heavy (non-hydrogen) atoms. The molecule has 0 saturated heterocycles. The molecule has 3 rings (SSSR count). The average Bonchev–Trinajstić information content (AvgIpc) is 3.48. The van der Waals surface area contributed by atoms with Crippen molar-refractivity contribution in [2.24, 2.45) is 0 Å². The lowest BCUT2D eigenvalue weighted by Crippen LogP contribution is -2.27. The zero-order valence-electron chi connectivity index (χ0n) is 31.2. The number of benzene rings is 2. The molecule has 2 aromatic carbocycles. The molecule has 12 nitrogen and oxygen atoms in total. The second kappa shape index (κ2) is 29.4. The number of hydrogen-bond donors (Lipinski definition) is 1. The molecule has 2 aromatic rings. The van der Waals surface area contributed by atoms with E-state index in [9.17, 15) is 9.59 Å². The number of unbranched alkanes of at least 4 members (excludes halogenated alkanes) is 4. The van der Waals surface area contributed by atoms with Gasteiger partial charge in [-0.15, -0.1) is 0 Å². The van der Waals surface area contributed by atoms with E-state index in [1.54, 1.807) is 0 Å². The number of rotatable bonds is 33. The molecule has 0 saturated carbocycles. The van der Waals surface area contributed by atoms with Crippen LogP contribution in [-0.4, -0.2) is 124 Å². The van der Waals surface area contributed by atoms with Crippen molar-refractivity contribution in [3.8, 4) is 11.1 Å². The van der Waals surface area contributed by atoms with Gasteiger partial charge in [0.2, 0.25) is 0 Å². The monoisotopic (exact) mass is 731 g/mol. The predicted octanol–water partition coefficient (Wildman–Crippen LogP) is 5.94. The van der Waals surface area contributed by atoms with Gasteiger partial charge in [-0.25, -0.2) is 4.79 Å². The summed E-state index contributed by atoms with van der Waals surface area (Å²) >= 11 is 0. The molecular formula is C40H61NO11. The van der Waals surface area contributed by atoms with Gasteiger partial charge in [0.1, 0.15) is 13.2 Å². The van der Waals surface area contributed by atoms with Crippen molar-refractivity contribution in [3.05, 3.63) is 59.7 Å². The molecule has 1 amide bonds. The molecule has 0 radical (unpaired) electrons. The van der Waals surface area contributed by atoms with Gasteiger partial charge >= 0.3 is 12.1 Å². The van der Waals surface area contributed by atoms with Crippen LogP contribution in [-0.2, 0) is 47.4 Å². The van der Waals surface area contributed by atoms with Crippen LogP contribution in [0.5, 0.6) is 0 Å². The molecule has 0 unspecified atom stereocenters. The van der Waals surface area contributed by atoms with Crippen molar-refractivity contribution < 1.29 is 52.2 Å². The Hall–Kier alpha value is -3.10. The Labute approximate surface area is 310 Å². The molecule has 1 N–H and O–H groups in total. The fraction of sp³-hybridized carbons (Fsp3) is 0.650. The lowest BCUT2D eigenvalue weighted by atomic mass is 9.98. The van der Waals surface area contributed by atoms with E-state index in [1.165, 1.54) is 41.5 Å². The zero-order chi connectivity index (χ0) is 36.7. The van der Waals surface area contributed by atoms with Crippen LogP contribution >= 0.6 is 0 Å². The highest BCUT2D eigenvalue weighted by Crippen LogP contribution is 2.44. The van der Waals surface area contributed by atoms with E-state index < -0.39 is 6.09 Å². The van der Waals surface area contributed by atoms with Crippen LogP contribution in [0.15, 0.2) is 48.5 Å². The van der Waals surface area contributed by atoms with E-state index in [-0.39, 0.29) is 18.5 Å². The maximum absolute atomic E-state index is 12.3. The Morgan fingerprint density at radius 1 is 0.519 bits per heavy atom. The molecule has 0 aliphatic heterocycles. The van der Waals surface area contributed by atoms with Crippen LogP contribution in [0.2, 0.25) is 0 Å². The van der Waals surface area contributed by atoms with Gasteiger partial charge in [-0.2, -0.15) is 0 Å². The third kappa shape index (κ3) is 19.1.